The third-order valence-corrected chi connectivity index (χ3v) is 2.35. The van der Waals surface area contributed by atoms with Crippen molar-refractivity contribution in [1.29, 1.82) is 0 Å². The minimum absolute atomic E-state index is 0.239. The molecule has 0 rings (SSSR count). The fourth-order valence-electron chi connectivity index (χ4n) is 1.32. The van der Waals surface area contributed by atoms with Gasteiger partial charge in [0.15, 0.2) is 0 Å². The van der Waals surface area contributed by atoms with E-state index in [4.69, 9.17) is 9.84 Å². The Morgan fingerprint density at radius 1 is 1.21 bits per heavy atom. The van der Waals surface area contributed by atoms with E-state index in [1.54, 1.807) is 0 Å². The number of ether oxygens (including phenoxy) is 2. The van der Waals surface area contributed by atoms with Gasteiger partial charge >= 0.3 is 18.0 Å². The van der Waals surface area contributed by atoms with Gasteiger partial charge in [0.2, 0.25) is 0 Å². The number of esters is 1. The van der Waals surface area contributed by atoms with Gasteiger partial charge in [0.05, 0.1) is 7.11 Å². The summed E-state index contributed by atoms with van der Waals surface area (Å²) in [6.07, 6.45) is 0.740. The van der Waals surface area contributed by atoms with Crippen molar-refractivity contribution in [2.24, 2.45) is 0 Å². The third-order valence-electron chi connectivity index (χ3n) is 2.35. The number of hydrogen-bond acceptors (Lipinski definition) is 5. The fourth-order valence-corrected chi connectivity index (χ4v) is 1.32. The Bertz CT molecular complexity index is 320. The molecule has 0 aliphatic heterocycles. The number of carboxylic acid groups (broad SMARTS) is 1. The number of carbonyl (C=O) groups is 3. The minimum atomic E-state index is -1.14. The second kappa shape index (κ2) is 9.15. The number of rotatable bonds is 8. The Morgan fingerprint density at radius 3 is 2.32 bits per heavy atom. The molecule has 0 heterocycles. The molecule has 0 spiro atoms. The van der Waals surface area contributed by atoms with Crippen molar-refractivity contribution in [3.05, 3.63) is 0 Å². The number of urea groups is 1. The van der Waals surface area contributed by atoms with E-state index in [2.05, 4.69) is 15.4 Å². The van der Waals surface area contributed by atoms with Crippen LogP contribution in [0.25, 0.3) is 0 Å². The summed E-state index contributed by atoms with van der Waals surface area (Å²) in [7, 11) is 2.71. The molecule has 0 fully saturated rings. The molecule has 3 N–H and O–H groups in total. The Kier molecular flexibility index (Phi) is 8.27. The van der Waals surface area contributed by atoms with E-state index in [1.165, 1.54) is 21.1 Å². The number of methoxy groups -OCH3 is 2. The van der Waals surface area contributed by atoms with E-state index >= 15 is 0 Å². The van der Waals surface area contributed by atoms with Crippen LogP contribution in [-0.2, 0) is 19.1 Å². The largest absolute Gasteiger partial charge is 0.480 e. The predicted molar refractivity (Wildman–Crippen MR) is 65.7 cm³/mol. The molecule has 0 aliphatic carbocycles. The highest BCUT2D eigenvalue weighted by Crippen LogP contribution is 1.98. The molecule has 2 amide bonds. The zero-order valence-electron chi connectivity index (χ0n) is 11.3. The average Bonchev–Trinajstić information content (AvgIpc) is 2.36. The normalized spacial score (nSPS) is 13.2. The molecule has 0 aromatic rings. The smallest absolute Gasteiger partial charge is 0.328 e. The van der Waals surface area contributed by atoms with Gasteiger partial charge in [0, 0.05) is 13.7 Å². The lowest BCUT2D eigenvalue weighted by atomic mass is 10.1. The zero-order chi connectivity index (χ0) is 14.8. The van der Waals surface area contributed by atoms with Crippen molar-refractivity contribution < 1.29 is 29.0 Å². The lowest BCUT2D eigenvalue weighted by molar-refractivity contribution is -0.142. The van der Waals surface area contributed by atoms with Crippen molar-refractivity contribution in [3.8, 4) is 0 Å². The van der Waals surface area contributed by atoms with E-state index in [0.717, 1.165) is 0 Å². The molecular formula is C11H20N2O6. The molecule has 2 unspecified atom stereocenters. The van der Waals surface area contributed by atoms with E-state index in [9.17, 15) is 14.4 Å². The van der Waals surface area contributed by atoms with Crippen LogP contribution in [0.1, 0.15) is 19.8 Å². The summed E-state index contributed by atoms with van der Waals surface area (Å²) in [5, 5.41) is 13.5. The molecule has 0 aromatic carbocycles. The van der Waals surface area contributed by atoms with E-state index in [0.29, 0.717) is 13.0 Å². The molecule has 0 saturated heterocycles. The van der Waals surface area contributed by atoms with Crippen LogP contribution in [0.4, 0.5) is 4.79 Å². The molecule has 8 nitrogen and oxygen atoms in total. The lowest BCUT2D eigenvalue weighted by Crippen LogP contribution is -2.50. The van der Waals surface area contributed by atoms with Gasteiger partial charge in [0.25, 0.3) is 0 Å². The first-order chi connectivity index (χ1) is 8.92. The maximum Gasteiger partial charge on any atom is 0.328 e. The molecule has 0 radical (unpaired) electrons. The molecule has 0 saturated carbocycles. The highest BCUT2D eigenvalue weighted by atomic mass is 16.5. The Labute approximate surface area is 111 Å². The van der Waals surface area contributed by atoms with Crippen LogP contribution >= 0.6 is 0 Å². The first-order valence-electron chi connectivity index (χ1n) is 5.79. The molecule has 0 bridgehead atoms. The van der Waals surface area contributed by atoms with Crippen LogP contribution < -0.4 is 10.6 Å². The number of carboxylic acids is 1. The summed E-state index contributed by atoms with van der Waals surface area (Å²) in [6, 6.07) is -2.61. The van der Waals surface area contributed by atoms with Gasteiger partial charge in [-0.05, 0) is 19.8 Å². The molecule has 0 aliphatic rings. The van der Waals surface area contributed by atoms with Gasteiger partial charge in [0.1, 0.15) is 12.1 Å². The summed E-state index contributed by atoms with van der Waals surface area (Å²) in [4.78, 5) is 33.5. The molecular weight excluding hydrogens is 256 g/mol. The number of hydrogen-bond donors (Lipinski definition) is 3. The first kappa shape index (κ1) is 17.2. The Hall–Kier alpha value is -1.83. The van der Waals surface area contributed by atoms with Gasteiger partial charge in [-0.15, -0.1) is 0 Å². The van der Waals surface area contributed by atoms with Crippen molar-refractivity contribution >= 4 is 18.0 Å². The molecule has 110 valence electrons. The van der Waals surface area contributed by atoms with Gasteiger partial charge in [-0.1, -0.05) is 0 Å². The summed E-state index contributed by atoms with van der Waals surface area (Å²) < 4.78 is 9.24. The topological polar surface area (TPSA) is 114 Å². The van der Waals surface area contributed by atoms with Crippen LogP contribution in [0.15, 0.2) is 0 Å². The van der Waals surface area contributed by atoms with Crippen molar-refractivity contribution in [2.75, 3.05) is 20.8 Å². The SMILES string of the molecule is COCCCC(NC(=O)NC(C)C(=O)OC)C(=O)O. The van der Waals surface area contributed by atoms with Crippen LogP contribution in [0, 0.1) is 0 Å². The van der Waals surface area contributed by atoms with Gasteiger partial charge in [-0.2, -0.15) is 0 Å². The van der Waals surface area contributed by atoms with Crippen LogP contribution in [0.3, 0.4) is 0 Å². The summed E-state index contributed by atoms with van der Waals surface area (Å²) in [6.45, 7) is 1.84. The molecule has 0 aromatic heterocycles. The molecule has 19 heavy (non-hydrogen) atoms. The average molecular weight is 276 g/mol. The first-order valence-corrected chi connectivity index (χ1v) is 5.79. The van der Waals surface area contributed by atoms with Crippen molar-refractivity contribution in [2.45, 2.75) is 31.8 Å². The number of amides is 2. The number of carbonyl (C=O) groups excluding carboxylic acids is 2. The second-order valence-electron chi connectivity index (χ2n) is 3.89. The van der Waals surface area contributed by atoms with Gasteiger partial charge in [-0.25, -0.2) is 14.4 Å². The van der Waals surface area contributed by atoms with Crippen LogP contribution in [0.2, 0.25) is 0 Å². The van der Waals surface area contributed by atoms with Gasteiger partial charge < -0.3 is 25.2 Å². The predicted octanol–water partition coefficient (Wildman–Crippen LogP) is -0.273. The highest BCUT2D eigenvalue weighted by molar-refractivity contribution is 5.86. The maximum absolute atomic E-state index is 11.5. The molecule has 2 atom stereocenters. The summed E-state index contributed by atoms with van der Waals surface area (Å²) in [5.74, 6) is -1.75. The standard InChI is InChI=1S/C11H20N2O6/c1-7(10(16)19-3)12-11(17)13-8(9(14)15)5-4-6-18-2/h7-8H,4-6H2,1-3H3,(H,14,15)(H2,12,13,17). The lowest BCUT2D eigenvalue weighted by Gasteiger charge is -2.17. The summed E-state index contributed by atoms with van der Waals surface area (Å²) >= 11 is 0. The van der Waals surface area contributed by atoms with Crippen molar-refractivity contribution in [3.63, 3.8) is 0 Å². The summed E-state index contributed by atoms with van der Waals surface area (Å²) in [5.41, 5.74) is 0. The van der Waals surface area contributed by atoms with Crippen LogP contribution in [0.5, 0.6) is 0 Å². The maximum atomic E-state index is 11.5. The zero-order valence-corrected chi connectivity index (χ0v) is 11.3. The Balaban J connectivity index is 4.23. The number of aliphatic carboxylic acids is 1. The Morgan fingerprint density at radius 2 is 1.84 bits per heavy atom. The third kappa shape index (κ3) is 7.24. The van der Waals surface area contributed by atoms with Crippen molar-refractivity contribution in [1.82, 2.24) is 10.6 Å². The molecule has 8 heteroatoms. The van der Waals surface area contributed by atoms with E-state index in [1.807, 2.05) is 0 Å². The fraction of sp³-hybridized carbons (Fsp3) is 0.727. The highest BCUT2D eigenvalue weighted by Gasteiger charge is 2.22. The minimum Gasteiger partial charge on any atom is -0.480 e. The van der Waals surface area contributed by atoms with Gasteiger partial charge in [-0.3, -0.25) is 0 Å². The van der Waals surface area contributed by atoms with E-state index < -0.39 is 30.1 Å². The number of nitrogens with one attached hydrogen (secondary N) is 2. The second-order valence-corrected chi connectivity index (χ2v) is 3.89. The monoisotopic (exact) mass is 276 g/mol. The van der Waals surface area contributed by atoms with Crippen LogP contribution in [-0.4, -0.2) is 56.0 Å². The quantitative estimate of drug-likeness (QED) is 0.415. The van der Waals surface area contributed by atoms with E-state index in [-0.39, 0.29) is 6.42 Å².